The monoisotopic (exact) mass is 369 g/mol. The summed E-state index contributed by atoms with van der Waals surface area (Å²) in [5.74, 6) is -0.402. The first-order valence-electron chi connectivity index (χ1n) is 6.86. The summed E-state index contributed by atoms with van der Waals surface area (Å²) in [6.45, 7) is 0. The van der Waals surface area contributed by atoms with E-state index in [-0.39, 0.29) is 4.90 Å². The summed E-state index contributed by atoms with van der Waals surface area (Å²) >= 11 is 5.73. The first kappa shape index (κ1) is 18.1. The minimum atomic E-state index is -3.75. The summed E-state index contributed by atoms with van der Waals surface area (Å²) in [4.78, 5) is 12.1. The van der Waals surface area contributed by atoms with Crippen LogP contribution >= 0.6 is 11.6 Å². The van der Waals surface area contributed by atoms with Crippen LogP contribution in [0.3, 0.4) is 0 Å². The molecule has 2 rings (SSSR count). The molecule has 0 bridgehead atoms. The van der Waals surface area contributed by atoms with Gasteiger partial charge >= 0.3 is 0 Å². The van der Waals surface area contributed by atoms with Gasteiger partial charge < -0.3 is 14.8 Å². The molecule has 1 amide bonds. The van der Waals surface area contributed by atoms with E-state index < -0.39 is 21.5 Å². The first-order valence-corrected chi connectivity index (χ1v) is 8.89. The van der Waals surface area contributed by atoms with Gasteiger partial charge in [-0.3, -0.25) is 4.79 Å². The molecular weight excluding hydrogens is 354 g/mol. The fourth-order valence-corrected chi connectivity index (χ4v) is 3.27. The number of carbonyl (C=O) groups excluding carboxylic acids is 1. The minimum absolute atomic E-state index is 0.0364. The maximum atomic E-state index is 12.2. The molecule has 0 aliphatic carbocycles. The number of rotatable bonds is 6. The van der Waals surface area contributed by atoms with Crippen molar-refractivity contribution >= 4 is 33.0 Å². The summed E-state index contributed by atoms with van der Waals surface area (Å²) in [7, 11) is -0.790. The number of nitrogens with one attached hydrogen (secondary N) is 1. The van der Waals surface area contributed by atoms with Gasteiger partial charge in [-0.25, -0.2) is 8.42 Å². The minimum Gasteiger partial charge on any atom is -0.493 e. The number of hydrogen-bond acceptors (Lipinski definition) is 5. The molecule has 0 atom stereocenters. The maximum Gasteiger partial charge on any atom is 0.239 e. The van der Waals surface area contributed by atoms with Crippen LogP contribution in [0.25, 0.3) is 0 Å². The second kappa shape index (κ2) is 7.55. The van der Waals surface area contributed by atoms with Crippen LogP contribution in [-0.2, 0) is 14.6 Å². The number of methoxy groups -OCH3 is 2. The second-order valence-corrected chi connectivity index (χ2v) is 7.26. The number of hydrogen-bond donors (Lipinski definition) is 1. The predicted octanol–water partition coefficient (Wildman–Crippen LogP) is 2.77. The van der Waals surface area contributed by atoms with Gasteiger partial charge in [0.05, 0.1) is 19.1 Å². The van der Waals surface area contributed by atoms with Crippen molar-refractivity contribution in [2.45, 2.75) is 4.90 Å². The van der Waals surface area contributed by atoms with Crippen LogP contribution in [0, 0.1) is 0 Å². The molecule has 24 heavy (non-hydrogen) atoms. The topological polar surface area (TPSA) is 81.7 Å². The molecule has 2 aromatic carbocycles. The lowest BCUT2D eigenvalue weighted by atomic mass is 10.2. The zero-order valence-corrected chi connectivity index (χ0v) is 14.6. The fourth-order valence-electron chi connectivity index (χ4n) is 2.01. The summed E-state index contributed by atoms with van der Waals surface area (Å²) in [5.41, 5.74) is 0.406. The molecule has 0 aliphatic rings. The van der Waals surface area contributed by atoms with E-state index in [1.54, 1.807) is 18.2 Å². The first-order chi connectivity index (χ1) is 11.4. The van der Waals surface area contributed by atoms with Crippen molar-refractivity contribution in [1.82, 2.24) is 0 Å². The SMILES string of the molecule is COc1ccc(NC(=O)CS(=O)(=O)c2ccc(Cl)cc2)cc1OC. The van der Waals surface area contributed by atoms with E-state index in [0.717, 1.165) is 0 Å². The number of sulfone groups is 1. The van der Waals surface area contributed by atoms with Crippen LogP contribution in [0.4, 0.5) is 5.69 Å². The highest BCUT2D eigenvalue weighted by Crippen LogP contribution is 2.29. The molecule has 0 saturated heterocycles. The average Bonchev–Trinajstić information content (AvgIpc) is 2.54. The van der Waals surface area contributed by atoms with Crippen LogP contribution < -0.4 is 14.8 Å². The Morgan fingerprint density at radius 2 is 1.67 bits per heavy atom. The predicted molar refractivity (Wildman–Crippen MR) is 91.7 cm³/mol. The molecule has 0 spiro atoms. The molecule has 2 aromatic rings. The molecule has 0 aliphatic heterocycles. The van der Waals surface area contributed by atoms with Crippen LogP contribution in [-0.4, -0.2) is 34.3 Å². The lowest BCUT2D eigenvalue weighted by molar-refractivity contribution is -0.113. The van der Waals surface area contributed by atoms with Gasteiger partial charge in [-0.2, -0.15) is 0 Å². The van der Waals surface area contributed by atoms with Crippen molar-refractivity contribution in [3.8, 4) is 11.5 Å². The zero-order valence-electron chi connectivity index (χ0n) is 13.1. The smallest absolute Gasteiger partial charge is 0.239 e. The normalized spacial score (nSPS) is 11.0. The van der Waals surface area contributed by atoms with Gasteiger partial charge in [0, 0.05) is 16.8 Å². The standard InChI is InChI=1S/C16H16ClNO5S/c1-22-14-8-5-12(9-15(14)23-2)18-16(19)10-24(20,21)13-6-3-11(17)4-7-13/h3-9H,10H2,1-2H3,(H,18,19). The molecule has 0 fully saturated rings. The Bertz CT molecular complexity index is 834. The van der Waals surface area contributed by atoms with Gasteiger partial charge in [-0.05, 0) is 36.4 Å². The zero-order chi connectivity index (χ0) is 17.7. The third-order valence-corrected chi connectivity index (χ3v) is 5.05. The summed E-state index contributed by atoms with van der Waals surface area (Å²) in [5, 5.41) is 2.95. The largest absolute Gasteiger partial charge is 0.493 e. The Hall–Kier alpha value is -2.25. The molecule has 0 aromatic heterocycles. The van der Waals surface area contributed by atoms with Crippen LogP contribution in [0.2, 0.25) is 5.02 Å². The molecule has 0 unspecified atom stereocenters. The lowest BCUT2D eigenvalue weighted by Gasteiger charge is -2.11. The number of carbonyl (C=O) groups is 1. The average molecular weight is 370 g/mol. The van der Waals surface area contributed by atoms with Crippen LogP contribution in [0.1, 0.15) is 0 Å². The summed E-state index contributed by atoms with van der Waals surface area (Å²) in [6.07, 6.45) is 0. The van der Waals surface area contributed by atoms with Crippen molar-refractivity contribution in [2.24, 2.45) is 0 Å². The van der Waals surface area contributed by atoms with E-state index in [2.05, 4.69) is 5.32 Å². The van der Waals surface area contributed by atoms with Crippen LogP contribution in [0.15, 0.2) is 47.4 Å². The Labute approximate surface area is 145 Å². The second-order valence-electron chi connectivity index (χ2n) is 4.83. The third-order valence-electron chi connectivity index (χ3n) is 3.16. The molecule has 0 radical (unpaired) electrons. The highest BCUT2D eigenvalue weighted by atomic mass is 35.5. The number of benzene rings is 2. The lowest BCUT2D eigenvalue weighted by Crippen LogP contribution is -2.23. The van der Waals surface area contributed by atoms with E-state index in [1.807, 2.05) is 0 Å². The maximum absolute atomic E-state index is 12.2. The van der Waals surface area contributed by atoms with Gasteiger partial charge in [-0.1, -0.05) is 11.6 Å². The quantitative estimate of drug-likeness (QED) is 0.846. The highest BCUT2D eigenvalue weighted by Gasteiger charge is 2.19. The number of amides is 1. The molecule has 0 saturated carbocycles. The van der Waals surface area contributed by atoms with Gasteiger partial charge in [-0.15, -0.1) is 0 Å². The number of ether oxygens (including phenoxy) is 2. The van der Waals surface area contributed by atoms with E-state index in [0.29, 0.717) is 22.2 Å². The van der Waals surface area contributed by atoms with Gasteiger partial charge in [0.2, 0.25) is 5.91 Å². The van der Waals surface area contributed by atoms with Gasteiger partial charge in [0.15, 0.2) is 21.3 Å². The van der Waals surface area contributed by atoms with Crippen molar-refractivity contribution < 1.29 is 22.7 Å². The summed E-state index contributed by atoms with van der Waals surface area (Å²) in [6, 6.07) is 10.4. The van der Waals surface area contributed by atoms with E-state index in [1.165, 1.54) is 38.5 Å². The number of halogens is 1. The Kier molecular flexibility index (Phi) is 5.69. The Balaban J connectivity index is 2.11. The van der Waals surface area contributed by atoms with Crippen molar-refractivity contribution in [1.29, 1.82) is 0 Å². The fraction of sp³-hybridized carbons (Fsp3) is 0.188. The summed E-state index contributed by atoms with van der Waals surface area (Å²) < 4.78 is 34.7. The Morgan fingerprint density at radius 1 is 1.04 bits per heavy atom. The van der Waals surface area contributed by atoms with Crippen molar-refractivity contribution in [3.05, 3.63) is 47.5 Å². The van der Waals surface area contributed by atoms with Gasteiger partial charge in [0.1, 0.15) is 5.75 Å². The molecule has 6 nitrogen and oxygen atoms in total. The van der Waals surface area contributed by atoms with E-state index >= 15 is 0 Å². The highest BCUT2D eigenvalue weighted by molar-refractivity contribution is 7.92. The van der Waals surface area contributed by atoms with Crippen LogP contribution in [0.5, 0.6) is 11.5 Å². The van der Waals surface area contributed by atoms with Crippen molar-refractivity contribution in [2.75, 3.05) is 25.3 Å². The van der Waals surface area contributed by atoms with E-state index in [4.69, 9.17) is 21.1 Å². The molecule has 128 valence electrons. The third kappa shape index (κ3) is 4.39. The van der Waals surface area contributed by atoms with E-state index in [9.17, 15) is 13.2 Å². The molecular formula is C16H16ClNO5S. The Morgan fingerprint density at radius 3 is 2.25 bits per heavy atom. The molecule has 1 N–H and O–H groups in total. The molecule has 0 heterocycles. The number of anilines is 1. The van der Waals surface area contributed by atoms with Gasteiger partial charge in [0.25, 0.3) is 0 Å². The molecule has 8 heteroatoms. The van der Waals surface area contributed by atoms with Crippen molar-refractivity contribution in [3.63, 3.8) is 0 Å².